The number of fused-ring (bicyclic) bond motifs is 1. The smallest absolute Gasteiger partial charge is 0.335 e. The number of aromatic nitrogens is 2. The third kappa shape index (κ3) is 2.55. The molecule has 6 heteroatoms. The molecule has 1 saturated heterocycles. The highest BCUT2D eigenvalue weighted by Crippen LogP contribution is 2.21. The fourth-order valence-corrected chi connectivity index (χ4v) is 2.35. The predicted molar refractivity (Wildman–Crippen MR) is 74.0 cm³/mol. The Kier molecular flexibility index (Phi) is 3.47. The molecule has 6 nitrogen and oxygen atoms in total. The molecule has 104 valence electrons. The van der Waals surface area contributed by atoms with Gasteiger partial charge in [0.1, 0.15) is 12.1 Å². The normalized spacial score (nSPS) is 18.3. The second-order valence-electron chi connectivity index (χ2n) is 4.78. The molecule has 0 spiro atoms. The third-order valence-corrected chi connectivity index (χ3v) is 3.40. The van der Waals surface area contributed by atoms with E-state index in [1.807, 2.05) is 0 Å². The van der Waals surface area contributed by atoms with E-state index in [9.17, 15) is 4.79 Å². The van der Waals surface area contributed by atoms with E-state index < -0.39 is 5.97 Å². The summed E-state index contributed by atoms with van der Waals surface area (Å²) in [4.78, 5) is 19.3. The Morgan fingerprint density at radius 3 is 3.10 bits per heavy atom. The van der Waals surface area contributed by atoms with Crippen LogP contribution in [0.2, 0.25) is 0 Å². The molecule has 0 bridgehead atoms. The van der Waals surface area contributed by atoms with Crippen molar-refractivity contribution in [2.24, 2.45) is 0 Å². The van der Waals surface area contributed by atoms with Crippen LogP contribution in [-0.2, 0) is 4.74 Å². The first kappa shape index (κ1) is 12.8. The molecule has 1 unspecified atom stereocenters. The molecule has 1 fully saturated rings. The maximum Gasteiger partial charge on any atom is 0.335 e. The van der Waals surface area contributed by atoms with Crippen molar-refractivity contribution in [3.8, 4) is 0 Å². The molecule has 1 aliphatic rings. The monoisotopic (exact) mass is 273 g/mol. The summed E-state index contributed by atoms with van der Waals surface area (Å²) in [5, 5.41) is 13.1. The van der Waals surface area contributed by atoms with Gasteiger partial charge in [0.15, 0.2) is 0 Å². The standard InChI is InChI=1S/C14H15N3O3/c18-14(19)9-3-4-11-12(6-9)16-8-17-13(11)15-7-10-2-1-5-20-10/h3-4,6,8,10H,1-2,5,7H2,(H,18,19)(H,15,16,17). The average molecular weight is 273 g/mol. The Morgan fingerprint density at radius 2 is 2.35 bits per heavy atom. The average Bonchev–Trinajstić information content (AvgIpc) is 2.97. The largest absolute Gasteiger partial charge is 0.478 e. The van der Waals surface area contributed by atoms with Gasteiger partial charge in [-0.3, -0.25) is 0 Å². The molecule has 1 aliphatic heterocycles. The summed E-state index contributed by atoms with van der Waals surface area (Å²) in [6.45, 7) is 1.52. The fourth-order valence-electron chi connectivity index (χ4n) is 2.35. The van der Waals surface area contributed by atoms with Gasteiger partial charge < -0.3 is 15.2 Å². The number of nitrogens with one attached hydrogen (secondary N) is 1. The quantitative estimate of drug-likeness (QED) is 0.885. The zero-order chi connectivity index (χ0) is 13.9. The SMILES string of the molecule is O=C(O)c1ccc2c(NCC3CCCO3)ncnc2c1. The lowest BCUT2D eigenvalue weighted by molar-refractivity contribution is 0.0697. The van der Waals surface area contributed by atoms with Gasteiger partial charge in [-0.25, -0.2) is 14.8 Å². The number of carboxylic acid groups (broad SMARTS) is 1. The molecule has 0 aliphatic carbocycles. The fraction of sp³-hybridized carbons (Fsp3) is 0.357. The van der Waals surface area contributed by atoms with E-state index in [-0.39, 0.29) is 11.7 Å². The van der Waals surface area contributed by atoms with Crippen molar-refractivity contribution in [3.63, 3.8) is 0 Å². The molecule has 1 aromatic heterocycles. The van der Waals surface area contributed by atoms with Gasteiger partial charge in [0, 0.05) is 18.5 Å². The van der Waals surface area contributed by atoms with Crippen LogP contribution in [0.1, 0.15) is 23.2 Å². The van der Waals surface area contributed by atoms with Gasteiger partial charge in [0.2, 0.25) is 0 Å². The number of carboxylic acids is 1. The number of nitrogens with zero attached hydrogens (tertiary/aromatic N) is 2. The number of hydrogen-bond acceptors (Lipinski definition) is 5. The first-order valence-electron chi connectivity index (χ1n) is 6.57. The van der Waals surface area contributed by atoms with Crippen LogP contribution in [-0.4, -0.2) is 40.3 Å². The Labute approximate surface area is 115 Å². The van der Waals surface area contributed by atoms with E-state index >= 15 is 0 Å². The van der Waals surface area contributed by atoms with Crippen molar-refractivity contribution in [3.05, 3.63) is 30.1 Å². The van der Waals surface area contributed by atoms with Crippen LogP contribution in [0.3, 0.4) is 0 Å². The van der Waals surface area contributed by atoms with Gasteiger partial charge >= 0.3 is 5.97 Å². The van der Waals surface area contributed by atoms with E-state index in [0.29, 0.717) is 17.9 Å². The minimum Gasteiger partial charge on any atom is -0.478 e. The summed E-state index contributed by atoms with van der Waals surface area (Å²) >= 11 is 0. The summed E-state index contributed by atoms with van der Waals surface area (Å²) in [5.41, 5.74) is 0.844. The molecule has 1 atom stereocenters. The van der Waals surface area contributed by atoms with E-state index in [4.69, 9.17) is 9.84 Å². The predicted octanol–water partition coefficient (Wildman–Crippen LogP) is 1.92. The molecule has 0 radical (unpaired) electrons. The third-order valence-electron chi connectivity index (χ3n) is 3.40. The number of hydrogen-bond donors (Lipinski definition) is 2. The van der Waals surface area contributed by atoms with Crippen LogP contribution in [0, 0.1) is 0 Å². The molecule has 3 rings (SSSR count). The first-order valence-corrected chi connectivity index (χ1v) is 6.57. The van der Waals surface area contributed by atoms with Gasteiger partial charge in [-0.1, -0.05) is 0 Å². The molecule has 2 heterocycles. The lowest BCUT2D eigenvalue weighted by atomic mass is 10.1. The molecule has 0 amide bonds. The maximum absolute atomic E-state index is 11.0. The van der Waals surface area contributed by atoms with Gasteiger partial charge in [0.25, 0.3) is 0 Å². The molecular formula is C14H15N3O3. The lowest BCUT2D eigenvalue weighted by Gasteiger charge is -2.12. The van der Waals surface area contributed by atoms with Crippen molar-refractivity contribution in [2.75, 3.05) is 18.5 Å². The molecular weight excluding hydrogens is 258 g/mol. The summed E-state index contributed by atoms with van der Waals surface area (Å²) in [6, 6.07) is 4.85. The first-order chi connectivity index (χ1) is 9.74. The number of carbonyl (C=O) groups is 1. The lowest BCUT2D eigenvalue weighted by Crippen LogP contribution is -2.19. The number of rotatable bonds is 4. The highest BCUT2D eigenvalue weighted by molar-refractivity contribution is 5.96. The van der Waals surface area contributed by atoms with Crippen molar-refractivity contribution >= 4 is 22.7 Å². The molecule has 2 N–H and O–H groups in total. The Hall–Kier alpha value is -2.21. The van der Waals surface area contributed by atoms with Gasteiger partial charge in [-0.2, -0.15) is 0 Å². The summed E-state index contributed by atoms with van der Waals surface area (Å²) < 4.78 is 5.55. The number of benzene rings is 1. The zero-order valence-corrected chi connectivity index (χ0v) is 10.9. The second-order valence-corrected chi connectivity index (χ2v) is 4.78. The minimum absolute atomic E-state index is 0.221. The van der Waals surface area contributed by atoms with Crippen LogP contribution in [0.25, 0.3) is 10.9 Å². The van der Waals surface area contributed by atoms with E-state index in [0.717, 1.165) is 24.8 Å². The Balaban J connectivity index is 1.85. The van der Waals surface area contributed by atoms with E-state index in [1.165, 1.54) is 6.33 Å². The van der Waals surface area contributed by atoms with Crippen molar-refractivity contribution in [1.82, 2.24) is 9.97 Å². The van der Waals surface area contributed by atoms with Gasteiger partial charge in [-0.15, -0.1) is 0 Å². The van der Waals surface area contributed by atoms with Crippen LogP contribution in [0.5, 0.6) is 0 Å². The Bertz CT molecular complexity index is 639. The van der Waals surface area contributed by atoms with E-state index in [2.05, 4.69) is 15.3 Å². The zero-order valence-electron chi connectivity index (χ0n) is 10.9. The highest BCUT2D eigenvalue weighted by Gasteiger charge is 2.16. The number of anilines is 1. The summed E-state index contributed by atoms with van der Waals surface area (Å²) in [6.07, 6.45) is 3.81. The van der Waals surface area contributed by atoms with Crippen LogP contribution in [0.4, 0.5) is 5.82 Å². The van der Waals surface area contributed by atoms with Crippen LogP contribution in [0.15, 0.2) is 24.5 Å². The minimum atomic E-state index is -0.959. The molecule has 0 saturated carbocycles. The topological polar surface area (TPSA) is 84.3 Å². The molecule has 2 aromatic rings. The molecule has 20 heavy (non-hydrogen) atoms. The maximum atomic E-state index is 11.0. The number of aromatic carboxylic acids is 1. The van der Waals surface area contributed by atoms with Crippen molar-refractivity contribution < 1.29 is 14.6 Å². The second kappa shape index (κ2) is 5.42. The van der Waals surface area contributed by atoms with Crippen molar-refractivity contribution in [2.45, 2.75) is 18.9 Å². The van der Waals surface area contributed by atoms with Gasteiger partial charge in [-0.05, 0) is 31.0 Å². The molecule has 1 aromatic carbocycles. The van der Waals surface area contributed by atoms with E-state index in [1.54, 1.807) is 18.2 Å². The Morgan fingerprint density at radius 1 is 1.45 bits per heavy atom. The summed E-state index contributed by atoms with van der Waals surface area (Å²) in [7, 11) is 0. The number of ether oxygens (including phenoxy) is 1. The van der Waals surface area contributed by atoms with Crippen LogP contribution >= 0.6 is 0 Å². The highest BCUT2D eigenvalue weighted by atomic mass is 16.5. The van der Waals surface area contributed by atoms with Gasteiger partial charge in [0.05, 0.1) is 17.2 Å². The van der Waals surface area contributed by atoms with Crippen LogP contribution < -0.4 is 5.32 Å². The van der Waals surface area contributed by atoms with Crippen molar-refractivity contribution in [1.29, 1.82) is 0 Å². The summed E-state index contributed by atoms with van der Waals surface area (Å²) in [5.74, 6) is -0.248.